The van der Waals surface area contributed by atoms with Crippen molar-refractivity contribution in [3.05, 3.63) is 35.9 Å². The van der Waals surface area contributed by atoms with Crippen LogP contribution in [0.1, 0.15) is 0 Å². The summed E-state index contributed by atoms with van der Waals surface area (Å²) in [6, 6.07) is 5.44. The molecule has 0 spiro atoms. The third kappa shape index (κ3) is 2.44. The van der Waals surface area contributed by atoms with Crippen LogP contribution in [0.5, 0.6) is 0 Å². The van der Waals surface area contributed by atoms with Gasteiger partial charge >= 0.3 is 0 Å². The Morgan fingerprint density at radius 1 is 1.11 bits per heavy atom. The summed E-state index contributed by atoms with van der Waals surface area (Å²) in [6.07, 6.45) is 0. The first kappa shape index (κ1) is 12.1. The number of halogens is 2. The number of aromatic nitrogens is 1. The molecule has 1 saturated heterocycles. The molecule has 1 aromatic carbocycles. The van der Waals surface area contributed by atoms with E-state index in [9.17, 15) is 8.78 Å². The molecular formula is C13H13F2N3O. The first-order valence-corrected chi connectivity index (χ1v) is 6.12. The van der Waals surface area contributed by atoms with Gasteiger partial charge in [0.1, 0.15) is 5.69 Å². The fraction of sp³-hybridized carbons (Fsp3) is 0.308. The van der Waals surface area contributed by atoms with E-state index in [-0.39, 0.29) is 0 Å². The molecule has 0 aliphatic carbocycles. The molecule has 0 amide bonds. The van der Waals surface area contributed by atoms with Crippen molar-refractivity contribution in [2.24, 2.45) is 0 Å². The van der Waals surface area contributed by atoms with Crippen LogP contribution in [0.3, 0.4) is 0 Å². The number of piperazine rings is 1. The Kier molecular flexibility index (Phi) is 3.16. The molecule has 3 rings (SSSR count). The van der Waals surface area contributed by atoms with Gasteiger partial charge in [-0.2, -0.15) is 0 Å². The van der Waals surface area contributed by atoms with Gasteiger partial charge in [-0.25, -0.2) is 8.78 Å². The van der Waals surface area contributed by atoms with Gasteiger partial charge in [0, 0.05) is 37.8 Å². The Bertz CT molecular complexity index is 579. The second-order valence-corrected chi connectivity index (χ2v) is 4.42. The maximum absolute atomic E-state index is 13.2. The summed E-state index contributed by atoms with van der Waals surface area (Å²) >= 11 is 0. The van der Waals surface area contributed by atoms with Gasteiger partial charge < -0.3 is 14.7 Å². The van der Waals surface area contributed by atoms with Crippen LogP contribution >= 0.6 is 0 Å². The van der Waals surface area contributed by atoms with Crippen LogP contribution < -0.4 is 10.2 Å². The fourth-order valence-corrected chi connectivity index (χ4v) is 2.09. The van der Waals surface area contributed by atoms with Crippen molar-refractivity contribution < 1.29 is 13.3 Å². The minimum absolute atomic E-state index is 0.504. The standard InChI is InChI=1S/C13H13F2N3O/c14-10-2-1-9(7-11(10)15)12-8-13(19-17-12)18-5-3-16-4-6-18/h1-2,7-8,16H,3-6H2. The normalized spacial score (nSPS) is 15.8. The molecule has 6 heteroatoms. The Balaban J connectivity index is 1.85. The molecular weight excluding hydrogens is 252 g/mol. The fourth-order valence-electron chi connectivity index (χ4n) is 2.09. The molecule has 1 aromatic heterocycles. The maximum atomic E-state index is 13.2. The highest BCUT2D eigenvalue weighted by atomic mass is 19.2. The first-order valence-electron chi connectivity index (χ1n) is 6.12. The molecule has 0 atom stereocenters. The number of nitrogens with zero attached hydrogens (tertiary/aromatic N) is 2. The van der Waals surface area contributed by atoms with Gasteiger partial charge in [-0.3, -0.25) is 0 Å². The maximum Gasteiger partial charge on any atom is 0.227 e. The van der Waals surface area contributed by atoms with Crippen molar-refractivity contribution in [2.75, 3.05) is 31.1 Å². The molecule has 4 nitrogen and oxygen atoms in total. The predicted molar refractivity (Wildman–Crippen MR) is 66.9 cm³/mol. The predicted octanol–water partition coefficient (Wildman–Crippen LogP) is 2.03. The van der Waals surface area contributed by atoms with E-state index in [2.05, 4.69) is 15.4 Å². The lowest BCUT2D eigenvalue weighted by Gasteiger charge is -2.25. The zero-order valence-electron chi connectivity index (χ0n) is 10.2. The summed E-state index contributed by atoms with van der Waals surface area (Å²) in [4.78, 5) is 2.06. The van der Waals surface area contributed by atoms with Crippen molar-refractivity contribution in [3.8, 4) is 11.3 Å². The van der Waals surface area contributed by atoms with Crippen molar-refractivity contribution in [2.45, 2.75) is 0 Å². The SMILES string of the molecule is Fc1ccc(-c2cc(N3CCNCC3)on2)cc1F. The third-order valence-corrected chi connectivity index (χ3v) is 3.14. The highest BCUT2D eigenvalue weighted by Crippen LogP contribution is 2.25. The molecule has 100 valence electrons. The van der Waals surface area contributed by atoms with E-state index >= 15 is 0 Å². The average molecular weight is 265 g/mol. The Morgan fingerprint density at radius 2 is 1.89 bits per heavy atom. The molecule has 1 aliphatic heterocycles. The van der Waals surface area contributed by atoms with E-state index < -0.39 is 11.6 Å². The van der Waals surface area contributed by atoms with Gasteiger partial charge in [-0.05, 0) is 18.2 Å². The molecule has 19 heavy (non-hydrogen) atoms. The minimum atomic E-state index is -0.885. The topological polar surface area (TPSA) is 41.3 Å². The Labute approximate surface area is 109 Å². The van der Waals surface area contributed by atoms with Crippen molar-refractivity contribution in [3.63, 3.8) is 0 Å². The number of nitrogens with one attached hydrogen (secondary N) is 1. The lowest BCUT2D eigenvalue weighted by atomic mass is 10.1. The van der Waals surface area contributed by atoms with Crippen molar-refractivity contribution in [1.29, 1.82) is 0 Å². The molecule has 0 bridgehead atoms. The first-order chi connectivity index (χ1) is 9.24. The van der Waals surface area contributed by atoms with Crippen LogP contribution in [0.4, 0.5) is 14.7 Å². The van der Waals surface area contributed by atoms with Crippen LogP contribution in [0.15, 0.2) is 28.8 Å². The third-order valence-electron chi connectivity index (χ3n) is 3.14. The van der Waals surface area contributed by atoms with E-state index in [1.807, 2.05) is 0 Å². The van der Waals surface area contributed by atoms with Gasteiger partial charge in [0.05, 0.1) is 0 Å². The highest BCUT2D eigenvalue weighted by Gasteiger charge is 2.16. The van der Waals surface area contributed by atoms with E-state index in [4.69, 9.17) is 4.52 Å². The van der Waals surface area contributed by atoms with Crippen molar-refractivity contribution >= 4 is 5.88 Å². The van der Waals surface area contributed by atoms with E-state index in [1.54, 1.807) is 6.07 Å². The molecule has 2 aromatic rings. The molecule has 1 aliphatic rings. The summed E-state index contributed by atoms with van der Waals surface area (Å²) in [5.74, 6) is -1.10. The number of hydrogen-bond acceptors (Lipinski definition) is 4. The molecule has 1 fully saturated rings. The van der Waals surface area contributed by atoms with E-state index in [0.29, 0.717) is 17.1 Å². The second-order valence-electron chi connectivity index (χ2n) is 4.42. The average Bonchev–Trinajstić information content (AvgIpc) is 2.93. The number of benzene rings is 1. The lowest BCUT2D eigenvalue weighted by Crippen LogP contribution is -2.43. The summed E-state index contributed by atoms with van der Waals surface area (Å²) in [5.41, 5.74) is 1.01. The Hall–Kier alpha value is -1.95. The Morgan fingerprint density at radius 3 is 2.63 bits per heavy atom. The largest absolute Gasteiger partial charge is 0.338 e. The van der Waals surface area contributed by atoms with Crippen molar-refractivity contribution in [1.82, 2.24) is 10.5 Å². The second kappa shape index (κ2) is 4.97. The van der Waals surface area contributed by atoms with Gasteiger partial charge in [0.15, 0.2) is 11.6 Å². The molecule has 0 radical (unpaired) electrons. The highest BCUT2D eigenvalue weighted by molar-refractivity contribution is 5.62. The monoisotopic (exact) mass is 265 g/mol. The van der Waals surface area contributed by atoms with Crippen LogP contribution in [-0.4, -0.2) is 31.3 Å². The van der Waals surface area contributed by atoms with Crippen LogP contribution in [0, 0.1) is 11.6 Å². The van der Waals surface area contributed by atoms with Gasteiger partial charge in [0.2, 0.25) is 5.88 Å². The zero-order valence-corrected chi connectivity index (χ0v) is 10.2. The number of anilines is 1. The van der Waals surface area contributed by atoms with Gasteiger partial charge in [0.25, 0.3) is 0 Å². The van der Waals surface area contributed by atoms with Crippen LogP contribution in [0.25, 0.3) is 11.3 Å². The van der Waals surface area contributed by atoms with E-state index in [1.165, 1.54) is 6.07 Å². The molecule has 2 heterocycles. The lowest BCUT2D eigenvalue weighted by molar-refractivity contribution is 0.409. The molecule has 0 saturated carbocycles. The minimum Gasteiger partial charge on any atom is -0.338 e. The number of hydrogen-bond donors (Lipinski definition) is 1. The molecule has 0 unspecified atom stereocenters. The number of rotatable bonds is 2. The van der Waals surface area contributed by atoms with Crippen LogP contribution in [0.2, 0.25) is 0 Å². The summed E-state index contributed by atoms with van der Waals surface area (Å²) < 4.78 is 31.3. The summed E-state index contributed by atoms with van der Waals surface area (Å²) in [6.45, 7) is 3.46. The smallest absolute Gasteiger partial charge is 0.227 e. The zero-order chi connectivity index (χ0) is 13.2. The summed E-state index contributed by atoms with van der Waals surface area (Å²) in [5, 5.41) is 7.15. The van der Waals surface area contributed by atoms with Gasteiger partial charge in [-0.15, -0.1) is 0 Å². The van der Waals surface area contributed by atoms with E-state index in [0.717, 1.165) is 38.3 Å². The van der Waals surface area contributed by atoms with Crippen LogP contribution in [-0.2, 0) is 0 Å². The van der Waals surface area contributed by atoms with Gasteiger partial charge in [-0.1, -0.05) is 5.16 Å². The molecule has 1 N–H and O–H groups in total. The summed E-state index contributed by atoms with van der Waals surface area (Å²) in [7, 11) is 0. The quantitative estimate of drug-likeness (QED) is 0.902.